The van der Waals surface area contributed by atoms with Gasteiger partial charge in [-0.25, -0.2) is 4.79 Å². The number of amides is 1. The smallest absolute Gasteiger partial charge is 0.410 e. The van der Waals surface area contributed by atoms with E-state index in [9.17, 15) is 9.90 Å². The van der Waals surface area contributed by atoms with Gasteiger partial charge in [-0.15, -0.1) is 0 Å². The lowest BCUT2D eigenvalue weighted by molar-refractivity contribution is 0.0241. The Morgan fingerprint density at radius 2 is 1.90 bits per heavy atom. The minimum atomic E-state index is -0.480. The molecule has 0 atom stereocenters. The number of ether oxygens (including phenoxy) is 1. The number of nitrogens with zero attached hydrogens (tertiary/aromatic N) is 1. The summed E-state index contributed by atoms with van der Waals surface area (Å²) < 4.78 is 5.43. The van der Waals surface area contributed by atoms with E-state index in [0.29, 0.717) is 13.1 Å². The Kier molecular flexibility index (Phi) is 3.78. The zero-order valence-corrected chi connectivity index (χ0v) is 12.9. The fourth-order valence-corrected chi connectivity index (χ4v) is 2.61. The first-order valence-corrected chi connectivity index (χ1v) is 6.92. The lowest BCUT2D eigenvalue weighted by Crippen LogP contribution is -2.33. The van der Waals surface area contributed by atoms with E-state index in [1.807, 2.05) is 40.7 Å². The molecule has 1 aromatic carbocycles. The number of aliphatic hydroxyl groups is 1. The van der Waals surface area contributed by atoms with Gasteiger partial charge in [-0.05, 0) is 62.4 Å². The molecule has 1 aliphatic heterocycles. The van der Waals surface area contributed by atoms with Crippen LogP contribution < -0.4 is 0 Å². The number of hydrogen-bond acceptors (Lipinski definition) is 3. The van der Waals surface area contributed by atoms with Crippen molar-refractivity contribution in [2.45, 2.75) is 59.9 Å². The summed E-state index contributed by atoms with van der Waals surface area (Å²) in [4.78, 5) is 13.9. The fraction of sp³-hybridized carbons (Fsp3) is 0.562. The van der Waals surface area contributed by atoms with Crippen LogP contribution in [0.4, 0.5) is 4.79 Å². The molecule has 20 heavy (non-hydrogen) atoms. The topological polar surface area (TPSA) is 49.8 Å². The van der Waals surface area contributed by atoms with Crippen molar-refractivity contribution in [2.24, 2.45) is 0 Å². The molecule has 0 saturated heterocycles. The molecule has 0 aromatic heterocycles. The minimum absolute atomic E-state index is 0.0341. The highest BCUT2D eigenvalue weighted by molar-refractivity contribution is 5.70. The number of carbonyl (C=O) groups excluding carboxylic acids is 1. The SMILES string of the molecule is Cc1cc(CO)c(C)c2c1CN(C(=O)OC(C)(C)C)C2. The van der Waals surface area contributed by atoms with Gasteiger partial charge in [0.2, 0.25) is 0 Å². The van der Waals surface area contributed by atoms with E-state index in [-0.39, 0.29) is 12.7 Å². The number of aryl methyl sites for hydroxylation is 1. The molecular formula is C16H23NO3. The van der Waals surface area contributed by atoms with E-state index in [0.717, 1.165) is 22.3 Å². The first kappa shape index (κ1) is 14.9. The molecule has 4 heteroatoms. The molecule has 0 spiro atoms. The summed E-state index contributed by atoms with van der Waals surface area (Å²) in [7, 11) is 0. The van der Waals surface area contributed by atoms with Crippen molar-refractivity contribution >= 4 is 6.09 Å². The second-order valence-electron chi connectivity index (χ2n) is 6.43. The number of aliphatic hydroxyl groups excluding tert-OH is 1. The van der Waals surface area contributed by atoms with Gasteiger partial charge in [0.15, 0.2) is 0 Å². The standard InChI is InChI=1S/C16H23NO3/c1-10-6-12(9-18)11(2)14-8-17(7-13(10)14)15(19)20-16(3,4)5/h6,18H,7-9H2,1-5H3. The number of carbonyl (C=O) groups is 1. The van der Waals surface area contributed by atoms with Gasteiger partial charge in [0, 0.05) is 13.1 Å². The van der Waals surface area contributed by atoms with Gasteiger partial charge in [-0.2, -0.15) is 0 Å². The van der Waals surface area contributed by atoms with Crippen molar-refractivity contribution in [3.8, 4) is 0 Å². The maximum Gasteiger partial charge on any atom is 0.410 e. The van der Waals surface area contributed by atoms with Crippen LogP contribution in [0.2, 0.25) is 0 Å². The second-order valence-corrected chi connectivity index (χ2v) is 6.43. The Bertz CT molecular complexity index is 544. The summed E-state index contributed by atoms with van der Waals surface area (Å²) in [6.07, 6.45) is -0.280. The van der Waals surface area contributed by atoms with E-state index in [1.165, 1.54) is 5.56 Å². The number of rotatable bonds is 1. The van der Waals surface area contributed by atoms with Crippen molar-refractivity contribution in [3.05, 3.63) is 33.9 Å². The van der Waals surface area contributed by atoms with E-state index in [2.05, 4.69) is 0 Å². The van der Waals surface area contributed by atoms with Crippen molar-refractivity contribution in [1.82, 2.24) is 4.90 Å². The zero-order chi connectivity index (χ0) is 15.1. The lowest BCUT2D eigenvalue weighted by Gasteiger charge is -2.24. The monoisotopic (exact) mass is 277 g/mol. The van der Waals surface area contributed by atoms with Crippen LogP contribution in [-0.2, 0) is 24.4 Å². The van der Waals surface area contributed by atoms with Crippen molar-refractivity contribution in [1.29, 1.82) is 0 Å². The summed E-state index contributed by atoms with van der Waals surface area (Å²) >= 11 is 0. The molecule has 2 rings (SSSR count). The summed E-state index contributed by atoms with van der Waals surface area (Å²) in [6.45, 7) is 10.8. The van der Waals surface area contributed by atoms with Crippen LogP contribution in [0.15, 0.2) is 6.07 Å². The summed E-state index contributed by atoms with van der Waals surface area (Å²) in [5, 5.41) is 9.40. The summed E-state index contributed by atoms with van der Waals surface area (Å²) in [5.41, 5.74) is 5.00. The number of benzene rings is 1. The molecule has 0 saturated carbocycles. The van der Waals surface area contributed by atoms with Gasteiger partial charge in [0.25, 0.3) is 0 Å². The van der Waals surface area contributed by atoms with Crippen LogP contribution in [0.3, 0.4) is 0 Å². The molecule has 0 aliphatic carbocycles. The highest BCUT2D eigenvalue weighted by Gasteiger charge is 2.30. The largest absolute Gasteiger partial charge is 0.444 e. The Morgan fingerprint density at radius 1 is 1.30 bits per heavy atom. The average molecular weight is 277 g/mol. The van der Waals surface area contributed by atoms with E-state index in [1.54, 1.807) is 4.90 Å². The van der Waals surface area contributed by atoms with Gasteiger partial charge in [0.05, 0.1) is 6.61 Å². The molecule has 4 nitrogen and oxygen atoms in total. The van der Waals surface area contributed by atoms with E-state index in [4.69, 9.17) is 4.74 Å². The van der Waals surface area contributed by atoms with Crippen LogP contribution in [0.5, 0.6) is 0 Å². The lowest BCUT2D eigenvalue weighted by atomic mass is 9.95. The third-order valence-electron chi connectivity index (χ3n) is 3.69. The van der Waals surface area contributed by atoms with Gasteiger partial charge >= 0.3 is 6.09 Å². The van der Waals surface area contributed by atoms with Gasteiger partial charge in [-0.1, -0.05) is 6.07 Å². The van der Waals surface area contributed by atoms with Crippen LogP contribution in [0.25, 0.3) is 0 Å². The van der Waals surface area contributed by atoms with Crippen LogP contribution >= 0.6 is 0 Å². The maximum absolute atomic E-state index is 12.2. The minimum Gasteiger partial charge on any atom is -0.444 e. The highest BCUT2D eigenvalue weighted by Crippen LogP contribution is 2.31. The second kappa shape index (κ2) is 5.09. The number of fused-ring (bicyclic) bond motifs is 1. The molecule has 0 radical (unpaired) electrons. The molecule has 1 amide bonds. The summed E-state index contributed by atoms with van der Waals surface area (Å²) in [6, 6.07) is 2.01. The Labute approximate surface area is 120 Å². The Morgan fingerprint density at radius 3 is 2.45 bits per heavy atom. The molecular weight excluding hydrogens is 254 g/mol. The molecule has 1 aliphatic rings. The molecule has 0 fully saturated rings. The predicted octanol–water partition coefficient (Wildman–Crippen LogP) is 3.05. The molecule has 0 bridgehead atoms. The first-order chi connectivity index (χ1) is 9.23. The third kappa shape index (κ3) is 2.80. The molecule has 110 valence electrons. The molecule has 1 aromatic rings. The fourth-order valence-electron chi connectivity index (χ4n) is 2.61. The highest BCUT2D eigenvalue weighted by atomic mass is 16.6. The normalized spacial score (nSPS) is 14.4. The summed E-state index contributed by atoms with van der Waals surface area (Å²) in [5.74, 6) is 0. The van der Waals surface area contributed by atoms with Crippen LogP contribution in [-0.4, -0.2) is 21.7 Å². The van der Waals surface area contributed by atoms with E-state index < -0.39 is 5.60 Å². The van der Waals surface area contributed by atoms with Crippen LogP contribution in [0, 0.1) is 13.8 Å². The van der Waals surface area contributed by atoms with Gasteiger partial charge in [0.1, 0.15) is 5.60 Å². The van der Waals surface area contributed by atoms with Gasteiger partial charge in [-0.3, -0.25) is 4.90 Å². The molecule has 1 heterocycles. The van der Waals surface area contributed by atoms with Crippen molar-refractivity contribution in [3.63, 3.8) is 0 Å². The maximum atomic E-state index is 12.2. The predicted molar refractivity (Wildman–Crippen MR) is 77.3 cm³/mol. The van der Waals surface area contributed by atoms with Crippen molar-refractivity contribution < 1.29 is 14.6 Å². The zero-order valence-electron chi connectivity index (χ0n) is 12.9. The first-order valence-electron chi connectivity index (χ1n) is 6.92. The van der Waals surface area contributed by atoms with Gasteiger partial charge < -0.3 is 9.84 Å². The third-order valence-corrected chi connectivity index (χ3v) is 3.69. The van der Waals surface area contributed by atoms with Crippen molar-refractivity contribution in [2.75, 3.05) is 0 Å². The molecule has 0 unspecified atom stereocenters. The average Bonchev–Trinajstić information content (AvgIpc) is 2.77. The molecule has 1 N–H and O–H groups in total. The van der Waals surface area contributed by atoms with Crippen LogP contribution in [0.1, 0.15) is 48.6 Å². The number of hydrogen-bond donors (Lipinski definition) is 1. The van der Waals surface area contributed by atoms with E-state index >= 15 is 0 Å². The Balaban J connectivity index is 2.25. The Hall–Kier alpha value is -1.55. The quantitative estimate of drug-likeness (QED) is 0.858.